The number of thioether (sulfide) groups is 1. The highest BCUT2D eigenvalue weighted by atomic mass is 35.5. The van der Waals surface area contributed by atoms with Crippen molar-refractivity contribution in [3.05, 3.63) is 82.6 Å². The quantitative estimate of drug-likeness (QED) is 0.383. The molecule has 0 aliphatic rings. The van der Waals surface area contributed by atoms with Gasteiger partial charge in [-0.25, -0.2) is 0 Å². The van der Waals surface area contributed by atoms with Gasteiger partial charge in [0.1, 0.15) is 0 Å². The van der Waals surface area contributed by atoms with Gasteiger partial charge in [-0.05, 0) is 49.2 Å². The minimum atomic E-state index is 0.664. The molecule has 0 amide bonds. The molecule has 0 atom stereocenters. The van der Waals surface area contributed by atoms with Gasteiger partial charge in [-0.1, -0.05) is 59.3 Å². The molecule has 4 rings (SSSR count). The predicted octanol–water partition coefficient (Wildman–Crippen LogP) is 6.09. The van der Waals surface area contributed by atoms with Crippen molar-refractivity contribution in [1.29, 1.82) is 0 Å². The van der Waals surface area contributed by atoms with Crippen LogP contribution in [0.4, 0.5) is 0 Å². The molecular weight excluding hydrogens is 378 g/mol. The first-order chi connectivity index (χ1) is 13.1. The molecule has 2 aromatic heterocycles. The molecule has 0 radical (unpaired) electrons. The fourth-order valence-electron chi connectivity index (χ4n) is 2.80. The summed E-state index contributed by atoms with van der Waals surface area (Å²) in [6, 6.07) is 18.1. The summed E-state index contributed by atoms with van der Waals surface area (Å²) >= 11 is 7.90. The predicted molar refractivity (Wildman–Crippen MR) is 110 cm³/mol. The average molecular weight is 396 g/mol. The molecule has 2 heterocycles. The first kappa shape index (κ1) is 17.9. The second-order valence-corrected chi connectivity index (χ2v) is 7.70. The third kappa shape index (κ3) is 3.80. The van der Waals surface area contributed by atoms with Gasteiger partial charge in [0, 0.05) is 10.8 Å². The normalized spacial score (nSPS) is 11.1. The molecule has 0 bridgehead atoms. The van der Waals surface area contributed by atoms with Gasteiger partial charge >= 0.3 is 0 Å². The Morgan fingerprint density at radius 3 is 2.59 bits per heavy atom. The Hall–Kier alpha value is -2.50. The lowest BCUT2D eigenvalue weighted by Crippen LogP contribution is -2.02. The van der Waals surface area contributed by atoms with Crippen LogP contribution < -0.4 is 0 Å². The molecule has 0 fully saturated rings. The monoisotopic (exact) mass is 395 g/mol. The summed E-state index contributed by atoms with van der Waals surface area (Å²) < 4.78 is 7.59. The number of aryl methyl sites for hydroxylation is 2. The van der Waals surface area contributed by atoms with Crippen LogP contribution >= 0.6 is 23.4 Å². The minimum absolute atomic E-state index is 0.664. The van der Waals surface area contributed by atoms with E-state index >= 15 is 0 Å². The zero-order valence-electron chi connectivity index (χ0n) is 15.0. The van der Waals surface area contributed by atoms with Gasteiger partial charge < -0.3 is 4.42 Å². The minimum Gasteiger partial charge on any atom is -0.461 e. The number of rotatable bonds is 5. The van der Waals surface area contributed by atoms with Gasteiger partial charge in [0.05, 0.1) is 12.0 Å². The van der Waals surface area contributed by atoms with Crippen molar-refractivity contribution in [3.63, 3.8) is 0 Å². The van der Waals surface area contributed by atoms with Crippen LogP contribution in [0.25, 0.3) is 17.3 Å². The van der Waals surface area contributed by atoms with Crippen LogP contribution in [0.5, 0.6) is 0 Å². The van der Waals surface area contributed by atoms with Crippen LogP contribution in [-0.4, -0.2) is 14.8 Å². The van der Waals surface area contributed by atoms with E-state index in [9.17, 15) is 0 Å². The SMILES string of the molecule is Cc1ccc(CSc2nnc(-c3ccco3)n2-c2cc(Cl)ccc2C)cc1. The maximum absolute atomic E-state index is 6.27. The van der Waals surface area contributed by atoms with Crippen molar-refractivity contribution in [3.8, 4) is 17.3 Å². The van der Waals surface area contributed by atoms with Gasteiger partial charge in [0.25, 0.3) is 0 Å². The highest BCUT2D eigenvalue weighted by Crippen LogP contribution is 2.32. The van der Waals surface area contributed by atoms with Crippen molar-refractivity contribution >= 4 is 23.4 Å². The Morgan fingerprint density at radius 1 is 1.04 bits per heavy atom. The summed E-state index contributed by atoms with van der Waals surface area (Å²) in [5.74, 6) is 2.14. The molecule has 0 unspecified atom stereocenters. The molecule has 4 aromatic rings. The Morgan fingerprint density at radius 2 is 1.85 bits per heavy atom. The van der Waals surface area contributed by atoms with Crippen molar-refractivity contribution in [1.82, 2.24) is 14.8 Å². The number of hydrogen-bond donors (Lipinski definition) is 0. The lowest BCUT2D eigenvalue weighted by molar-refractivity contribution is 0.575. The second kappa shape index (κ2) is 7.62. The largest absolute Gasteiger partial charge is 0.461 e. The lowest BCUT2D eigenvalue weighted by atomic mass is 10.2. The maximum Gasteiger partial charge on any atom is 0.205 e. The van der Waals surface area contributed by atoms with Gasteiger partial charge in [-0.15, -0.1) is 10.2 Å². The summed E-state index contributed by atoms with van der Waals surface area (Å²) in [5, 5.41) is 10.3. The zero-order valence-corrected chi connectivity index (χ0v) is 16.6. The smallest absolute Gasteiger partial charge is 0.205 e. The second-order valence-electron chi connectivity index (χ2n) is 6.32. The van der Waals surface area contributed by atoms with Crippen LogP contribution in [0.1, 0.15) is 16.7 Å². The maximum atomic E-state index is 6.27. The summed E-state index contributed by atoms with van der Waals surface area (Å²) in [6.45, 7) is 4.14. The molecule has 0 spiro atoms. The lowest BCUT2D eigenvalue weighted by Gasteiger charge is -2.12. The van der Waals surface area contributed by atoms with E-state index in [4.69, 9.17) is 16.0 Å². The molecule has 0 saturated heterocycles. The first-order valence-corrected chi connectivity index (χ1v) is 9.92. The van der Waals surface area contributed by atoms with E-state index in [1.54, 1.807) is 18.0 Å². The molecule has 136 valence electrons. The van der Waals surface area contributed by atoms with E-state index in [0.717, 1.165) is 22.2 Å². The Bertz CT molecular complexity index is 1060. The van der Waals surface area contributed by atoms with Gasteiger partial charge in [0.15, 0.2) is 10.9 Å². The summed E-state index contributed by atoms with van der Waals surface area (Å²) in [4.78, 5) is 0. The van der Waals surface area contributed by atoms with E-state index in [2.05, 4.69) is 41.4 Å². The molecule has 0 aliphatic carbocycles. The van der Waals surface area contributed by atoms with Crippen LogP contribution in [-0.2, 0) is 5.75 Å². The molecule has 4 nitrogen and oxygen atoms in total. The van der Waals surface area contributed by atoms with Crippen molar-refractivity contribution in [2.45, 2.75) is 24.8 Å². The number of furan rings is 1. The highest BCUT2D eigenvalue weighted by molar-refractivity contribution is 7.98. The van der Waals surface area contributed by atoms with E-state index in [-0.39, 0.29) is 0 Å². The molecule has 6 heteroatoms. The highest BCUT2D eigenvalue weighted by Gasteiger charge is 2.19. The summed E-state index contributed by atoms with van der Waals surface area (Å²) in [6.07, 6.45) is 1.64. The molecule has 0 N–H and O–H groups in total. The number of benzene rings is 2. The molecular formula is C21H18ClN3OS. The van der Waals surface area contributed by atoms with Crippen LogP contribution in [0, 0.1) is 13.8 Å². The Kier molecular flexibility index (Phi) is 5.05. The summed E-state index contributed by atoms with van der Waals surface area (Å²) in [5.41, 5.74) is 4.53. The molecule has 2 aromatic carbocycles. The van der Waals surface area contributed by atoms with E-state index in [1.165, 1.54) is 11.1 Å². The van der Waals surface area contributed by atoms with Crippen LogP contribution in [0.2, 0.25) is 5.02 Å². The van der Waals surface area contributed by atoms with Crippen LogP contribution in [0.3, 0.4) is 0 Å². The number of hydrogen-bond acceptors (Lipinski definition) is 4. The Labute approximate surface area is 167 Å². The van der Waals surface area contributed by atoms with Gasteiger partial charge in [-0.2, -0.15) is 0 Å². The summed E-state index contributed by atoms with van der Waals surface area (Å²) in [7, 11) is 0. The fraction of sp³-hybridized carbons (Fsp3) is 0.143. The molecule has 27 heavy (non-hydrogen) atoms. The fourth-order valence-corrected chi connectivity index (χ4v) is 3.87. The first-order valence-electron chi connectivity index (χ1n) is 8.56. The third-order valence-electron chi connectivity index (χ3n) is 4.28. The van der Waals surface area contributed by atoms with Crippen molar-refractivity contribution < 1.29 is 4.42 Å². The number of aromatic nitrogens is 3. The van der Waals surface area contributed by atoms with Crippen molar-refractivity contribution in [2.75, 3.05) is 0 Å². The number of halogens is 1. The zero-order chi connectivity index (χ0) is 18.8. The van der Waals surface area contributed by atoms with E-state index < -0.39 is 0 Å². The Balaban J connectivity index is 1.75. The molecule has 0 aliphatic heterocycles. The average Bonchev–Trinajstić information content (AvgIpc) is 3.32. The topological polar surface area (TPSA) is 43.9 Å². The number of nitrogens with zero attached hydrogens (tertiary/aromatic N) is 3. The van der Waals surface area contributed by atoms with Crippen molar-refractivity contribution in [2.24, 2.45) is 0 Å². The molecule has 0 saturated carbocycles. The van der Waals surface area contributed by atoms with Crippen LogP contribution in [0.15, 0.2) is 70.4 Å². The third-order valence-corrected chi connectivity index (χ3v) is 5.51. The van der Waals surface area contributed by atoms with Gasteiger partial charge in [0.2, 0.25) is 5.82 Å². The van der Waals surface area contributed by atoms with E-state index in [1.807, 2.05) is 41.8 Å². The standard InChI is InChI=1S/C21H18ClN3OS/c1-14-5-8-16(9-6-14)13-27-21-24-23-20(19-4-3-11-26-19)25(21)18-12-17(22)10-7-15(18)2/h3-12H,13H2,1-2H3. The van der Waals surface area contributed by atoms with E-state index in [0.29, 0.717) is 16.6 Å². The van der Waals surface area contributed by atoms with Gasteiger partial charge in [-0.3, -0.25) is 4.57 Å².